The maximum Gasteiger partial charge on any atom is 0.222 e. The maximum atomic E-state index is 11.8. The van der Waals surface area contributed by atoms with Crippen molar-refractivity contribution in [3.63, 3.8) is 0 Å². The van der Waals surface area contributed by atoms with Gasteiger partial charge >= 0.3 is 0 Å². The number of aryl methyl sites for hydroxylation is 1. The molecule has 2 rings (SSSR count). The number of carbonyl (C=O) groups excluding carboxylic acids is 1. The Bertz CT molecular complexity index is 366. The monoisotopic (exact) mass is 252 g/mol. The van der Waals surface area contributed by atoms with E-state index in [4.69, 9.17) is 4.74 Å². The summed E-state index contributed by atoms with van der Waals surface area (Å²) in [7, 11) is 1.71. The third-order valence-electron chi connectivity index (χ3n) is 3.42. The van der Waals surface area contributed by atoms with Gasteiger partial charge in [-0.1, -0.05) is 6.42 Å². The zero-order valence-electron chi connectivity index (χ0n) is 10.7. The first-order valence-electron chi connectivity index (χ1n) is 6.40. The van der Waals surface area contributed by atoms with Crippen LogP contribution in [0.25, 0.3) is 0 Å². The van der Waals surface area contributed by atoms with Crippen LogP contribution < -0.4 is 5.32 Å². The fraction of sp³-hybridized carbons (Fsp3) is 0.750. The van der Waals surface area contributed by atoms with Crippen LogP contribution in [0.2, 0.25) is 0 Å². The van der Waals surface area contributed by atoms with Gasteiger partial charge in [0.15, 0.2) is 0 Å². The summed E-state index contributed by atoms with van der Waals surface area (Å²) in [5, 5.41) is 7.07. The van der Waals surface area contributed by atoms with Crippen LogP contribution in [0.4, 0.5) is 0 Å². The minimum Gasteiger partial charge on any atom is -0.384 e. The molecule has 100 valence electrons. The van der Waals surface area contributed by atoms with Gasteiger partial charge in [-0.2, -0.15) is 5.10 Å². The summed E-state index contributed by atoms with van der Waals surface area (Å²) in [6.07, 6.45) is 6.91. The van der Waals surface area contributed by atoms with Crippen molar-refractivity contribution in [1.29, 1.82) is 0 Å². The summed E-state index contributed by atoms with van der Waals surface area (Å²) in [5.41, 5.74) is 0. The molecule has 0 aromatic carbocycles. The molecule has 6 heteroatoms. The average molecular weight is 252 g/mol. The van der Waals surface area contributed by atoms with Crippen molar-refractivity contribution < 1.29 is 9.53 Å². The Hall–Kier alpha value is -1.43. The summed E-state index contributed by atoms with van der Waals surface area (Å²) in [6.45, 7) is 1.31. The van der Waals surface area contributed by atoms with Crippen molar-refractivity contribution >= 4 is 5.91 Å². The largest absolute Gasteiger partial charge is 0.384 e. The van der Waals surface area contributed by atoms with Crippen LogP contribution in [0.5, 0.6) is 0 Å². The third kappa shape index (κ3) is 3.53. The molecule has 0 aliphatic heterocycles. The van der Waals surface area contributed by atoms with Gasteiger partial charge in [-0.3, -0.25) is 9.48 Å². The standard InChI is InChI=1S/C12H20N4O2/c1-18-7-10-3-2-4-11(10)15-12(17)5-6-16-9-13-8-14-16/h8-11H,2-7H2,1H3,(H,15,17)/t10-,11-/m0/s1. The van der Waals surface area contributed by atoms with E-state index in [1.54, 1.807) is 18.1 Å². The lowest BCUT2D eigenvalue weighted by molar-refractivity contribution is -0.122. The van der Waals surface area contributed by atoms with Crippen LogP contribution in [0, 0.1) is 5.92 Å². The molecular weight excluding hydrogens is 232 g/mol. The van der Waals surface area contributed by atoms with E-state index in [0.29, 0.717) is 18.9 Å². The summed E-state index contributed by atoms with van der Waals surface area (Å²) in [4.78, 5) is 15.7. The molecular formula is C12H20N4O2. The number of amides is 1. The quantitative estimate of drug-likeness (QED) is 0.805. The molecule has 1 aromatic heterocycles. The lowest BCUT2D eigenvalue weighted by Gasteiger charge is -2.20. The Morgan fingerprint density at radius 3 is 3.17 bits per heavy atom. The van der Waals surface area contributed by atoms with E-state index in [9.17, 15) is 4.79 Å². The van der Waals surface area contributed by atoms with Crippen molar-refractivity contribution in [1.82, 2.24) is 20.1 Å². The lowest BCUT2D eigenvalue weighted by Crippen LogP contribution is -2.39. The van der Waals surface area contributed by atoms with Crippen LogP contribution in [-0.4, -0.2) is 40.4 Å². The molecule has 2 atom stereocenters. The fourth-order valence-electron chi connectivity index (χ4n) is 2.48. The molecule has 1 aliphatic carbocycles. The predicted octanol–water partition coefficient (Wildman–Crippen LogP) is 0.599. The number of nitrogens with one attached hydrogen (secondary N) is 1. The number of hydrogen-bond acceptors (Lipinski definition) is 4. The molecule has 1 fully saturated rings. The molecule has 1 aliphatic rings. The third-order valence-corrected chi connectivity index (χ3v) is 3.42. The second-order valence-corrected chi connectivity index (χ2v) is 4.73. The van der Waals surface area contributed by atoms with E-state index >= 15 is 0 Å². The lowest BCUT2D eigenvalue weighted by atomic mass is 10.0. The van der Waals surface area contributed by atoms with E-state index in [1.807, 2.05) is 0 Å². The topological polar surface area (TPSA) is 69.0 Å². The van der Waals surface area contributed by atoms with Crippen molar-refractivity contribution in [3.8, 4) is 0 Å². The predicted molar refractivity (Wildman–Crippen MR) is 65.8 cm³/mol. The fourth-order valence-corrected chi connectivity index (χ4v) is 2.48. The summed E-state index contributed by atoms with van der Waals surface area (Å²) < 4.78 is 6.85. The van der Waals surface area contributed by atoms with Crippen molar-refractivity contribution in [2.45, 2.75) is 38.3 Å². The molecule has 1 N–H and O–H groups in total. The highest BCUT2D eigenvalue weighted by atomic mass is 16.5. The number of nitrogens with zero attached hydrogens (tertiary/aromatic N) is 3. The first-order valence-corrected chi connectivity index (χ1v) is 6.40. The van der Waals surface area contributed by atoms with Gasteiger partial charge < -0.3 is 10.1 Å². The van der Waals surface area contributed by atoms with Crippen LogP contribution in [-0.2, 0) is 16.1 Å². The molecule has 1 aromatic rings. The van der Waals surface area contributed by atoms with Gasteiger partial charge in [0, 0.05) is 25.5 Å². The number of rotatable bonds is 6. The Morgan fingerprint density at radius 2 is 2.44 bits per heavy atom. The Kier molecular flexibility index (Phi) is 4.69. The number of carbonyl (C=O) groups is 1. The molecule has 1 heterocycles. The Morgan fingerprint density at radius 1 is 1.56 bits per heavy atom. The van der Waals surface area contributed by atoms with Crippen LogP contribution in [0.1, 0.15) is 25.7 Å². The van der Waals surface area contributed by atoms with Crippen LogP contribution in [0.15, 0.2) is 12.7 Å². The van der Waals surface area contributed by atoms with E-state index in [2.05, 4.69) is 15.4 Å². The molecule has 1 saturated carbocycles. The summed E-state index contributed by atoms with van der Waals surface area (Å²) in [6, 6.07) is 0.271. The van der Waals surface area contributed by atoms with E-state index in [-0.39, 0.29) is 11.9 Å². The van der Waals surface area contributed by atoms with Gasteiger partial charge in [0.25, 0.3) is 0 Å². The second kappa shape index (κ2) is 6.49. The van der Waals surface area contributed by atoms with Gasteiger partial charge in [-0.15, -0.1) is 0 Å². The van der Waals surface area contributed by atoms with Crippen LogP contribution >= 0.6 is 0 Å². The van der Waals surface area contributed by atoms with Crippen molar-refractivity contribution in [2.24, 2.45) is 5.92 Å². The first-order chi connectivity index (χ1) is 8.79. The molecule has 18 heavy (non-hydrogen) atoms. The molecule has 0 spiro atoms. The Balaban J connectivity index is 1.73. The van der Waals surface area contributed by atoms with Gasteiger partial charge in [0.2, 0.25) is 5.91 Å². The molecule has 0 bridgehead atoms. The van der Waals surface area contributed by atoms with Crippen molar-refractivity contribution in [2.75, 3.05) is 13.7 Å². The minimum atomic E-state index is 0.0819. The molecule has 0 saturated heterocycles. The average Bonchev–Trinajstić information content (AvgIpc) is 2.99. The SMILES string of the molecule is COC[C@@H]1CCC[C@@H]1NC(=O)CCn1cncn1. The molecule has 0 unspecified atom stereocenters. The summed E-state index contributed by atoms with van der Waals surface area (Å²) >= 11 is 0. The van der Waals surface area contributed by atoms with E-state index in [1.165, 1.54) is 12.7 Å². The zero-order valence-corrected chi connectivity index (χ0v) is 10.7. The van der Waals surface area contributed by atoms with Gasteiger partial charge in [-0.25, -0.2) is 4.98 Å². The highest BCUT2D eigenvalue weighted by Gasteiger charge is 2.28. The zero-order chi connectivity index (χ0) is 12.8. The number of aromatic nitrogens is 3. The second-order valence-electron chi connectivity index (χ2n) is 4.73. The molecule has 1 amide bonds. The van der Waals surface area contributed by atoms with Crippen LogP contribution in [0.3, 0.4) is 0 Å². The number of ether oxygens (including phenoxy) is 1. The van der Waals surface area contributed by atoms with Crippen molar-refractivity contribution in [3.05, 3.63) is 12.7 Å². The normalized spacial score (nSPS) is 23.2. The molecule has 0 radical (unpaired) electrons. The highest BCUT2D eigenvalue weighted by molar-refractivity contribution is 5.76. The minimum absolute atomic E-state index is 0.0819. The number of methoxy groups -OCH3 is 1. The van der Waals surface area contributed by atoms with E-state index in [0.717, 1.165) is 19.4 Å². The smallest absolute Gasteiger partial charge is 0.222 e. The Labute approximate surface area is 107 Å². The van der Waals surface area contributed by atoms with Gasteiger partial charge in [-0.05, 0) is 12.8 Å². The van der Waals surface area contributed by atoms with Gasteiger partial charge in [0.1, 0.15) is 12.7 Å². The maximum absolute atomic E-state index is 11.8. The highest BCUT2D eigenvalue weighted by Crippen LogP contribution is 2.25. The molecule has 6 nitrogen and oxygen atoms in total. The first kappa shape index (κ1) is 13.0. The van der Waals surface area contributed by atoms with E-state index < -0.39 is 0 Å². The number of hydrogen-bond donors (Lipinski definition) is 1. The summed E-state index contributed by atoms with van der Waals surface area (Å²) in [5.74, 6) is 0.545. The van der Waals surface area contributed by atoms with Gasteiger partial charge in [0.05, 0.1) is 13.2 Å².